The van der Waals surface area contributed by atoms with E-state index in [1.165, 1.54) is 0 Å². The van der Waals surface area contributed by atoms with Gasteiger partial charge in [0.15, 0.2) is 0 Å². The Morgan fingerprint density at radius 2 is 1.85 bits per heavy atom. The highest BCUT2D eigenvalue weighted by Gasteiger charge is 2.32. The zero-order chi connectivity index (χ0) is 9.90. The zero-order valence-electron chi connectivity index (χ0n) is 9.26. The van der Waals surface area contributed by atoms with Crippen molar-refractivity contribution in [3.05, 3.63) is 0 Å². The van der Waals surface area contributed by atoms with Crippen molar-refractivity contribution >= 4 is 0 Å². The monoisotopic (exact) mass is 186 g/mol. The number of ether oxygens (including phenoxy) is 1. The van der Waals surface area contributed by atoms with E-state index in [0.29, 0.717) is 6.04 Å². The molecule has 1 unspecified atom stereocenters. The maximum atomic E-state index is 5.35. The van der Waals surface area contributed by atoms with Crippen LogP contribution in [0.4, 0.5) is 0 Å². The summed E-state index contributed by atoms with van der Waals surface area (Å²) in [7, 11) is 2.02. The second-order valence-electron chi connectivity index (χ2n) is 4.26. The second-order valence-corrected chi connectivity index (χ2v) is 4.26. The van der Waals surface area contributed by atoms with Crippen LogP contribution in [-0.4, -0.2) is 49.8 Å². The van der Waals surface area contributed by atoms with Gasteiger partial charge in [-0.2, -0.15) is 0 Å². The van der Waals surface area contributed by atoms with Crippen LogP contribution >= 0.6 is 0 Å². The van der Waals surface area contributed by atoms with E-state index in [1.807, 2.05) is 7.05 Å². The summed E-state index contributed by atoms with van der Waals surface area (Å²) in [5.74, 6) is 0. The van der Waals surface area contributed by atoms with Gasteiger partial charge in [0.25, 0.3) is 0 Å². The number of likely N-dealkylation sites (N-methyl/N-ethyl adjacent to an activating group) is 1. The first-order chi connectivity index (χ1) is 6.09. The van der Waals surface area contributed by atoms with Crippen molar-refractivity contribution in [3.63, 3.8) is 0 Å². The van der Waals surface area contributed by atoms with Gasteiger partial charge in [-0.15, -0.1) is 0 Å². The standard InChI is InChI=1S/C10H22N2O/c1-9(11-4)10(2,3)12-5-7-13-8-6-12/h9,11H,5-8H2,1-4H3. The first-order valence-electron chi connectivity index (χ1n) is 5.09. The van der Waals surface area contributed by atoms with Crippen LogP contribution in [0, 0.1) is 0 Å². The molecule has 1 rings (SSSR count). The molecular formula is C10H22N2O. The van der Waals surface area contributed by atoms with E-state index in [4.69, 9.17) is 4.74 Å². The summed E-state index contributed by atoms with van der Waals surface area (Å²) in [5, 5.41) is 3.32. The molecule has 0 saturated carbocycles. The third-order valence-corrected chi connectivity index (χ3v) is 3.32. The molecule has 3 nitrogen and oxygen atoms in total. The predicted octanol–water partition coefficient (Wildman–Crippen LogP) is 0.705. The summed E-state index contributed by atoms with van der Waals surface area (Å²) in [5.41, 5.74) is 0.221. The number of hydrogen-bond donors (Lipinski definition) is 1. The van der Waals surface area contributed by atoms with Crippen LogP contribution in [0.2, 0.25) is 0 Å². The molecule has 3 heteroatoms. The molecule has 0 amide bonds. The second kappa shape index (κ2) is 4.40. The van der Waals surface area contributed by atoms with Crippen molar-refractivity contribution in [2.75, 3.05) is 33.4 Å². The average Bonchev–Trinajstić information content (AvgIpc) is 2.18. The Labute approximate surface area is 81.4 Å². The highest BCUT2D eigenvalue weighted by atomic mass is 16.5. The van der Waals surface area contributed by atoms with Gasteiger partial charge >= 0.3 is 0 Å². The molecule has 0 bridgehead atoms. The smallest absolute Gasteiger partial charge is 0.0594 e. The van der Waals surface area contributed by atoms with Crippen molar-refractivity contribution in [1.82, 2.24) is 10.2 Å². The van der Waals surface area contributed by atoms with Crippen LogP contribution in [0.5, 0.6) is 0 Å². The lowest BCUT2D eigenvalue weighted by Crippen LogP contribution is -2.58. The molecule has 1 N–H and O–H groups in total. The molecular weight excluding hydrogens is 164 g/mol. The minimum atomic E-state index is 0.221. The number of hydrogen-bond acceptors (Lipinski definition) is 3. The molecule has 0 aliphatic carbocycles. The van der Waals surface area contributed by atoms with Gasteiger partial charge in [-0.25, -0.2) is 0 Å². The summed E-state index contributed by atoms with van der Waals surface area (Å²) < 4.78 is 5.35. The lowest BCUT2D eigenvalue weighted by Gasteiger charge is -2.44. The quantitative estimate of drug-likeness (QED) is 0.702. The summed E-state index contributed by atoms with van der Waals surface area (Å²) in [6.07, 6.45) is 0. The fourth-order valence-electron chi connectivity index (χ4n) is 1.77. The lowest BCUT2D eigenvalue weighted by atomic mass is 9.93. The van der Waals surface area contributed by atoms with E-state index in [9.17, 15) is 0 Å². The van der Waals surface area contributed by atoms with E-state index in [1.54, 1.807) is 0 Å². The van der Waals surface area contributed by atoms with Crippen molar-refractivity contribution < 1.29 is 4.74 Å². The largest absolute Gasteiger partial charge is 0.379 e. The Hall–Kier alpha value is -0.120. The average molecular weight is 186 g/mol. The Balaban J connectivity index is 2.55. The molecule has 0 spiro atoms. The summed E-state index contributed by atoms with van der Waals surface area (Å²) in [6, 6.07) is 0.505. The Bertz CT molecular complexity index is 153. The lowest BCUT2D eigenvalue weighted by molar-refractivity contribution is -0.0201. The van der Waals surface area contributed by atoms with Crippen LogP contribution in [0.15, 0.2) is 0 Å². The number of nitrogens with zero attached hydrogens (tertiary/aromatic N) is 1. The van der Waals surface area contributed by atoms with Gasteiger partial charge in [0.1, 0.15) is 0 Å². The SMILES string of the molecule is CNC(C)C(C)(C)N1CCOCC1. The summed E-state index contributed by atoms with van der Waals surface area (Å²) in [6.45, 7) is 10.7. The van der Waals surface area contributed by atoms with E-state index >= 15 is 0 Å². The van der Waals surface area contributed by atoms with Gasteiger partial charge < -0.3 is 10.1 Å². The fraction of sp³-hybridized carbons (Fsp3) is 1.00. The highest BCUT2D eigenvalue weighted by Crippen LogP contribution is 2.19. The Kier molecular flexibility index (Phi) is 3.71. The van der Waals surface area contributed by atoms with E-state index in [-0.39, 0.29) is 5.54 Å². The van der Waals surface area contributed by atoms with Crippen LogP contribution in [0.25, 0.3) is 0 Å². The van der Waals surface area contributed by atoms with E-state index in [0.717, 1.165) is 26.3 Å². The summed E-state index contributed by atoms with van der Waals surface area (Å²) >= 11 is 0. The number of nitrogens with one attached hydrogen (secondary N) is 1. The van der Waals surface area contributed by atoms with Gasteiger partial charge in [-0.3, -0.25) is 4.90 Å². The van der Waals surface area contributed by atoms with E-state index in [2.05, 4.69) is 31.0 Å². The molecule has 1 aliphatic heterocycles. The molecule has 0 aromatic heterocycles. The van der Waals surface area contributed by atoms with Gasteiger partial charge in [0.05, 0.1) is 13.2 Å². The van der Waals surface area contributed by atoms with Gasteiger partial charge in [0, 0.05) is 24.7 Å². The van der Waals surface area contributed by atoms with Crippen molar-refractivity contribution in [3.8, 4) is 0 Å². The Morgan fingerprint density at radius 3 is 2.31 bits per heavy atom. The number of rotatable bonds is 3. The van der Waals surface area contributed by atoms with Gasteiger partial charge in [-0.05, 0) is 27.8 Å². The minimum absolute atomic E-state index is 0.221. The third-order valence-electron chi connectivity index (χ3n) is 3.32. The molecule has 0 aromatic carbocycles. The predicted molar refractivity (Wildman–Crippen MR) is 55.0 cm³/mol. The fourth-order valence-corrected chi connectivity index (χ4v) is 1.77. The molecule has 1 saturated heterocycles. The van der Waals surface area contributed by atoms with E-state index < -0.39 is 0 Å². The van der Waals surface area contributed by atoms with Crippen LogP contribution < -0.4 is 5.32 Å². The third kappa shape index (κ3) is 2.42. The highest BCUT2D eigenvalue weighted by molar-refractivity contribution is 4.91. The molecule has 1 aliphatic rings. The molecule has 13 heavy (non-hydrogen) atoms. The van der Waals surface area contributed by atoms with Gasteiger partial charge in [-0.1, -0.05) is 0 Å². The molecule has 1 atom stereocenters. The molecule has 0 radical (unpaired) electrons. The topological polar surface area (TPSA) is 24.5 Å². The maximum absolute atomic E-state index is 5.35. The Morgan fingerprint density at radius 1 is 1.31 bits per heavy atom. The van der Waals surface area contributed by atoms with Crippen molar-refractivity contribution in [1.29, 1.82) is 0 Å². The summed E-state index contributed by atoms with van der Waals surface area (Å²) in [4.78, 5) is 2.50. The molecule has 78 valence electrons. The zero-order valence-corrected chi connectivity index (χ0v) is 9.26. The normalized spacial score (nSPS) is 23.1. The van der Waals surface area contributed by atoms with Gasteiger partial charge in [0.2, 0.25) is 0 Å². The van der Waals surface area contributed by atoms with Crippen LogP contribution in [0.3, 0.4) is 0 Å². The minimum Gasteiger partial charge on any atom is -0.379 e. The van der Waals surface area contributed by atoms with Crippen LogP contribution in [0.1, 0.15) is 20.8 Å². The number of morpholine rings is 1. The molecule has 1 heterocycles. The molecule has 1 fully saturated rings. The maximum Gasteiger partial charge on any atom is 0.0594 e. The first-order valence-corrected chi connectivity index (χ1v) is 5.09. The van der Waals surface area contributed by atoms with Crippen molar-refractivity contribution in [2.24, 2.45) is 0 Å². The van der Waals surface area contributed by atoms with Crippen molar-refractivity contribution in [2.45, 2.75) is 32.4 Å². The molecule has 0 aromatic rings. The first kappa shape index (κ1) is 11.0. The van der Waals surface area contributed by atoms with Crippen LogP contribution in [-0.2, 0) is 4.74 Å².